The monoisotopic (exact) mass is 246 g/mol. The van der Waals surface area contributed by atoms with E-state index in [0.29, 0.717) is 16.3 Å². The highest BCUT2D eigenvalue weighted by molar-refractivity contribution is 6.33. The lowest BCUT2D eigenvalue weighted by Gasteiger charge is -2.26. The van der Waals surface area contributed by atoms with Crippen LogP contribution in [0.5, 0.6) is 0 Å². The molecule has 1 fully saturated rings. The van der Waals surface area contributed by atoms with Gasteiger partial charge < -0.3 is 10.2 Å². The third-order valence-electron chi connectivity index (χ3n) is 2.66. The SMILES string of the molecule is CN(c1cc(Cl)nnc1Cl)C1CCNC1. The molecule has 0 aromatic carbocycles. The summed E-state index contributed by atoms with van der Waals surface area (Å²) < 4.78 is 0. The van der Waals surface area contributed by atoms with Crippen LogP contribution in [-0.4, -0.2) is 36.4 Å². The molecule has 1 N–H and O–H groups in total. The number of nitrogens with zero attached hydrogens (tertiary/aromatic N) is 3. The number of anilines is 1. The van der Waals surface area contributed by atoms with E-state index >= 15 is 0 Å². The molecule has 0 amide bonds. The number of hydrogen-bond donors (Lipinski definition) is 1. The molecule has 1 aromatic heterocycles. The van der Waals surface area contributed by atoms with Gasteiger partial charge in [0, 0.05) is 25.7 Å². The molecule has 0 radical (unpaired) electrons. The van der Waals surface area contributed by atoms with Crippen LogP contribution in [0, 0.1) is 0 Å². The first-order chi connectivity index (χ1) is 7.18. The fraction of sp³-hybridized carbons (Fsp3) is 0.556. The third kappa shape index (κ3) is 2.33. The molecule has 0 saturated carbocycles. The first-order valence-corrected chi connectivity index (χ1v) is 5.56. The van der Waals surface area contributed by atoms with E-state index in [1.807, 2.05) is 7.05 Å². The molecule has 82 valence electrons. The molecule has 1 atom stereocenters. The van der Waals surface area contributed by atoms with Gasteiger partial charge in [-0.25, -0.2) is 0 Å². The molecule has 6 heteroatoms. The van der Waals surface area contributed by atoms with E-state index in [4.69, 9.17) is 23.2 Å². The molecule has 1 unspecified atom stereocenters. The maximum absolute atomic E-state index is 5.98. The Kier molecular flexibility index (Phi) is 3.29. The predicted octanol–water partition coefficient (Wildman–Crippen LogP) is 1.58. The van der Waals surface area contributed by atoms with Crippen LogP contribution < -0.4 is 10.2 Å². The van der Waals surface area contributed by atoms with Crippen molar-refractivity contribution in [3.05, 3.63) is 16.4 Å². The van der Waals surface area contributed by atoms with Gasteiger partial charge in [0.05, 0.1) is 5.69 Å². The van der Waals surface area contributed by atoms with Crippen molar-refractivity contribution < 1.29 is 0 Å². The molecule has 2 heterocycles. The second kappa shape index (κ2) is 4.51. The van der Waals surface area contributed by atoms with Crippen LogP contribution in [0.2, 0.25) is 10.3 Å². The molecule has 4 nitrogen and oxygen atoms in total. The van der Waals surface area contributed by atoms with Gasteiger partial charge in [-0.15, -0.1) is 10.2 Å². The summed E-state index contributed by atoms with van der Waals surface area (Å²) in [5.74, 6) is 0. The summed E-state index contributed by atoms with van der Waals surface area (Å²) in [6, 6.07) is 2.19. The lowest BCUT2D eigenvalue weighted by molar-refractivity contribution is 0.683. The average molecular weight is 247 g/mol. The van der Waals surface area contributed by atoms with Gasteiger partial charge >= 0.3 is 0 Å². The van der Waals surface area contributed by atoms with Gasteiger partial charge in [0.25, 0.3) is 0 Å². The summed E-state index contributed by atoms with van der Waals surface area (Å²) in [6.07, 6.45) is 1.10. The van der Waals surface area contributed by atoms with E-state index in [2.05, 4.69) is 20.4 Å². The predicted molar refractivity (Wildman–Crippen MR) is 61.7 cm³/mol. The molecule has 15 heavy (non-hydrogen) atoms. The van der Waals surface area contributed by atoms with Crippen molar-refractivity contribution in [2.75, 3.05) is 25.0 Å². The summed E-state index contributed by atoms with van der Waals surface area (Å²) in [7, 11) is 2.00. The summed E-state index contributed by atoms with van der Waals surface area (Å²) in [4.78, 5) is 2.10. The normalized spacial score (nSPS) is 20.6. The van der Waals surface area contributed by atoms with Crippen LogP contribution in [0.1, 0.15) is 6.42 Å². The largest absolute Gasteiger partial charge is 0.368 e. The highest BCUT2D eigenvalue weighted by Gasteiger charge is 2.21. The maximum Gasteiger partial charge on any atom is 0.175 e. The minimum absolute atomic E-state index is 0.368. The van der Waals surface area contributed by atoms with Crippen LogP contribution in [0.15, 0.2) is 6.07 Å². The Bertz CT molecular complexity index is 352. The molecule has 0 bridgehead atoms. The smallest absolute Gasteiger partial charge is 0.175 e. The van der Waals surface area contributed by atoms with E-state index in [1.165, 1.54) is 0 Å². The summed E-state index contributed by atoms with van der Waals surface area (Å²) in [5.41, 5.74) is 0.838. The van der Waals surface area contributed by atoms with E-state index < -0.39 is 0 Å². The number of aromatic nitrogens is 2. The Morgan fingerprint density at radius 2 is 2.27 bits per heavy atom. The van der Waals surface area contributed by atoms with Crippen molar-refractivity contribution in [2.24, 2.45) is 0 Å². The van der Waals surface area contributed by atoms with Crippen molar-refractivity contribution in [3.63, 3.8) is 0 Å². The summed E-state index contributed by atoms with van der Waals surface area (Å²) in [6.45, 7) is 2.01. The quantitative estimate of drug-likeness (QED) is 0.861. The van der Waals surface area contributed by atoms with Crippen molar-refractivity contribution in [1.82, 2.24) is 15.5 Å². The molecule has 0 spiro atoms. The zero-order valence-electron chi connectivity index (χ0n) is 8.37. The van der Waals surface area contributed by atoms with Gasteiger partial charge in [-0.2, -0.15) is 0 Å². The van der Waals surface area contributed by atoms with Crippen LogP contribution in [0.4, 0.5) is 5.69 Å². The molecule has 2 rings (SSSR count). The van der Waals surface area contributed by atoms with Gasteiger partial charge in [0.15, 0.2) is 10.3 Å². The Balaban J connectivity index is 2.23. The minimum Gasteiger partial charge on any atom is -0.368 e. The van der Waals surface area contributed by atoms with Crippen molar-refractivity contribution >= 4 is 28.9 Å². The fourth-order valence-corrected chi connectivity index (χ4v) is 2.12. The molecular weight excluding hydrogens is 235 g/mol. The van der Waals surface area contributed by atoms with Crippen molar-refractivity contribution in [1.29, 1.82) is 0 Å². The van der Waals surface area contributed by atoms with E-state index in [-0.39, 0.29) is 0 Å². The molecule has 1 aliphatic heterocycles. The fourth-order valence-electron chi connectivity index (χ4n) is 1.76. The van der Waals surface area contributed by atoms with Crippen molar-refractivity contribution in [3.8, 4) is 0 Å². The number of likely N-dealkylation sites (N-methyl/N-ethyl adjacent to an activating group) is 1. The topological polar surface area (TPSA) is 41.1 Å². The summed E-state index contributed by atoms with van der Waals surface area (Å²) >= 11 is 11.8. The number of hydrogen-bond acceptors (Lipinski definition) is 4. The number of nitrogens with one attached hydrogen (secondary N) is 1. The number of halogens is 2. The van der Waals surface area contributed by atoms with E-state index in [1.54, 1.807) is 6.07 Å². The first-order valence-electron chi connectivity index (χ1n) is 4.81. The molecule has 1 aromatic rings. The molecular formula is C9H12Cl2N4. The Morgan fingerprint density at radius 1 is 1.47 bits per heavy atom. The van der Waals surface area contributed by atoms with Gasteiger partial charge in [-0.05, 0) is 13.0 Å². The standard InChI is InChI=1S/C9H12Cl2N4/c1-15(6-2-3-12-5-6)7-4-8(10)13-14-9(7)11/h4,6,12H,2-3,5H2,1H3. The van der Waals surface area contributed by atoms with Crippen LogP contribution >= 0.6 is 23.2 Å². The highest BCUT2D eigenvalue weighted by Crippen LogP contribution is 2.26. The van der Waals surface area contributed by atoms with Gasteiger partial charge in [0.2, 0.25) is 0 Å². The van der Waals surface area contributed by atoms with Crippen LogP contribution in [0.25, 0.3) is 0 Å². The number of rotatable bonds is 2. The second-order valence-electron chi connectivity index (χ2n) is 3.60. The lowest BCUT2D eigenvalue weighted by Crippen LogP contribution is -2.33. The molecule has 1 saturated heterocycles. The van der Waals surface area contributed by atoms with E-state index in [0.717, 1.165) is 25.2 Å². The molecule has 0 aliphatic carbocycles. The summed E-state index contributed by atoms with van der Waals surface area (Å²) in [5, 5.41) is 11.6. The molecule has 1 aliphatic rings. The second-order valence-corrected chi connectivity index (χ2v) is 4.35. The Morgan fingerprint density at radius 3 is 2.93 bits per heavy atom. The maximum atomic E-state index is 5.98. The highest BCUT2D eigenvalue weighted by atomic mass is 35.5. The Hall–Kier alpha value is -0.580. The lowest BCUT2D eigenvalue weighted by atomic mass is 10.2. The van der Waals surface area contributed by atoms with Gasteiger partial charge in [-0.3, -0.25) is 0 Å². The Labute approximate surface area is 98.6 Å². The van der Waals surface area contributed by atoms with Crippen LogP contribution in [-0.2, 0) is 0 Å². The zero-order chi connectivity index (χ0) is 10.8. The van der Waals surface area contributed by atoms with E-state index in [9.17, 15) is 0 Å². The minimum atomic E-state index is 0.368. The first kappa shape index (κ1) is 10.9. The van der Waals surface area contributed by atoms with Gasteiger partial charge in [-0.1, -0.05) is 23.2 Å². The zero-order valence-corrected chi connectivity index (χ0v) is 9.89. The van der Waals surface area contributed by atoms with Crippen molar-refractivity contribution in [2.45, 2.75) is 12.5 Å². The van der Waals surface area contributed by atoms with Crippen LogP contribution in [0.3, 0.4) is 0 Å². The average Bonchev–Trinajstić information content (AvgIpc) is 2.74. The third-order valence-corrected chi connectivity index (χ3v) is 3.12. The van der Waals surface area contributed by atoms with Gasteiger partial charge in [0.1, 0.15) is 0 Å².